The van der Waals surface area contributed by atoms with Crippen LogP contribution in [0.1, 0.15) is 18.1 Å². The van der Waals surface area contributed by atoms with Gasteiger partial charge in [0.1, 0.15) is 6.04 Å². The molecule has 0 aliphatic rings. The van der Waals surface area contributed by atoms with Crippen molar-refractivity contribution >= 4 is 35.0 Å². The maximum Gasteiger partial charge on any atom is 0.242 e. The summed E-state index contributed by atoms with van der Waals surface area (Å²) >= 11 is 12.5. The van der Waals surface area contributed by atoms with Gasteiger partial charge in [-0.2, -0.15) is 0 Å². The van der Waals surface area contributed by atoms with Gasteiger partial charge in [-0.15, -0.1) is 0 Å². The molecule has 0 saturated heterocycles. The van der Waals surface area contributed by atoms with Crippen LogP contribution in [0.2, 0.25) is 10.0 Å². The first-order valence-corrected chi connectivity index (χ1v) is 8.67. The first kappa shape index (κ1) is 19.3. The van der Waals surface area contributed by atoms with Crippen molar-refractivity contribution < 1.29 is 9.59 Å². The molecule has 0 heterocycles. The Hall–Kier alpha value is -2.04. The highest BCUT2D eigenvalue weighted by Crippen LogP contribution is 2.26. The Bertz CT molecular complexity index is 730. The molecule has 0 aliphatic heterocycles. The molecule has 0 radical (unpaired) electrons. The number of benzene rings is 2. The van der Waals surface area contributed by atoms with E-state index in [9.17, 15) is 9.59 Å². The topological polar surface area (TPSA) is 49.4 Å². The lowest BCUT2D eigenvalue weighted by Crippen LogP contribution is -2.47. The second-order valence-electron chi connectivity index (χ2n) is 5.67. The Morgan fingerprint density at radius 2 is 1.64 bits per heavy atom. The van der Waals surface area contributed by atoms with Gasteiger partial charge in [-0.25, -0.2) is 0 Å². The molecule has 0 saturated carbocycles. The van der Waals surface area contributed by atoms with Crippen LogP contribution in [0.25, 0.3) is 0 Å². The molecular formula is C19H20Cl2N2O2. The van der Waals surface area contributed by atoms with E-state index in [1.807, 2.05) is 30.3 Å². The van der Waals surface area contributed by atoms with E-state index in [4.69, 9.17) is 23.2 Å². The van der Waals surface area contributed by atoms with Crippen molar-refractivity contribution in [3.63, 3.8) is 0 Å². The SMILES string of the molecule is CNC(=O)[C@H](C)N(Cc1c(Cl)cccc1Cl)C(=O)Cc1ccccc1. The van der Waals surface area contributed by atoms with E-state index in [2.05, 4.69) is 5.32 Å². The minimum Gasteiger partial charge on any atom is -0.357 e. The van der Waals surface area contributed by atoms with E-state index >= 15 is 0 Å². The summed E-state index contributed by atoms with van der Waals surface area (Å²) in [6, 6.07) is 13.9. The zero-order valence-corrected chi connectivity index (χ0v) is 15.6. The van der Waals surface area contributed by atoms with Gasteiger partial charge in [-0.3, -0.25) is 9.59 Å². The third-order valence-corrected chi connectivity index (χ3v) is 4.71. The number of nitrogens with zero attached hydrogens (tertiary/aromatic N) is 1. The van der Waals surface area contributed by atoms with Crippen molar-refractivity contribution in [3.8, 4) is 0 Å². The Balaban J connectivity index is 2.29. The monoisotopic (exact) mass is 378 g/mol. The van der Waals surface area contributed by atoms with Crippen LogP contribution in [0.15, 0.2) is 48.5 Å². The van der Waals surface area contributed by atoms with Crippen LogP contribution in [-0.4, -0.2) is 29.8 Å². The number of carbonyl (C=O) groups is 2. The van der Waals surface area contributed by atoms with Gasteiger partial charge in [0.25, 0.3) is 0 Å². The van der Waals surface area contributed by atoms with Crippen molar-refractivity contribution in [1.82, 2.24) is 10.2 Å². The molecule has 2 aromatic rings. The van der Waals surface area contributed by atoms with Gasteiger partial charge in [0.05, 0.1) is 6.42 Å². The minimum atomic E-state index is -0.645. The molecule has 1 atom stereocenters. The average molecular weight is 379 g/mol. The van der Waals surface area contributed by atoms with Gasteiger partial charge in [-0.1, -0.05) is 59.6 Å². The second kappa shape index (κ2) is 8.88. The highest BCUT2D eigenvalue weighted by molar-refractivity contribution is 6.36. The van der Waals surface area contributed by atoms with Crippen LogP contribution < -0.4 is 5.32 Å². The van der Waals surface area contributed by atoms with Crippen LogP contribution in [0.4, 0.5) is 0 Å². The van der Waals surface area contributed by atoms with E-state index in [-0.39, 0.29) is 24.8 Å². The number of carbonyl (C=O) groups excluding carboxylic acids is 2. The summed E-state index contributed by atoms with van der Waals surface area (Å²) in [6.45, 7) is 1.85. The predicted octanol–water partition coefficient (Wildman–Crippen LogP) is 3.70. The molecule has 0 aromatic heterocycles. The quantitative estimate of drug-likeness (QED) is 0.832. The summed E-state index contributed by atoms with van der Waals surface area (Å²) in [5.41, 5.74) is 1.51. The molecule has 6 heteroatoms. The zero-order chi connectivity index (χ0) is 18.4. The molecule has 2 rings (SSSR count). The van der Waals surface area contributed by atoms with E-state index in [0.717, 1.165) is 5.56 Å². The number of amides is 2. The summed E-state index contributed by atoms with van der Waals surface area (Å²) in [7, 11) is 1.54. The number of hydrogen-bond donors (Lipinski definition) is 1. The van der Waals surface area contributed by atoms with Crippen LogP contribution in [0.5, 0.6) is 0 Å². The van der Waals surface area contributed by atoms with Gasteiger partial charge < -0.3 is 10.2 Å². The van der Waals surface area contributed by atoms with E-state index in [1.165, 1.54) is 4.90 Å². The molecule has 2 amide bonds. The standard InChI is InChI=1S/C19H20Cl2N2O2/c1-13(19(25)22-2)23(12-15-16(20)9-6-10-17(15)21)18(24)11-14-7-4-3-5-8-14/h3-10,13H,11-12H2,1-2H3,(H,22,25)/t13-/m0/s1. The average Bonchev–Trinajstić information content (AvgIpc) is 2.61. The Morgan fingerprint density at radius 3 is 2.20 bits per heavy atom. The molecule has 25 heavy (non-hydrogen) atoms. The van der Waals surface area contributed by atoms with Crippen LogP contribution in [0.3, 0.4) is 0 Å². The van der Waals surface area contributed by atoms with Gasteiger partial charge in [-0.05, 0) is 24.6 Å². The van der Waals surface area contributed by atoms with Crippen LogP contribution in [-0.2, 0) is 22.6 Å². The Morgan fingerprint density at radius 1 is 1.04 bits per heavy atom. The van der Waals surface area contributed by atoms with E-state index < -0.39 is 6.04 Å². The number of halogens is 2. The fourth-order valence-electron chi connectivity index (χ4n) is 2.52. The predicted molar refractivity (Wildman–Crippen MR) is 101 cm³/mol. The van der Waals surface area contributed by atoms with Crippen molar-refractivity contribution in [3.05, 3.63) is 69.7 Å². The number of nitrogens with one attached hydrogen (secondary N) is 1. The fourth-order valence-corrected chi connectivity index (χ4v) is 3.03. The Labute approximate surface area is 157 Å². The maximum absolute atomic E-state index is 12.9. The number of hydrogen-bond acceptors (Lipinski definition) is 2. The first-order valence-electron chi connectivity index (χ1n) is 7.92. The molecule has 0 spiro atoms. The highest BCUT2D eigenvalue weighted by Gasteiger charge is 2.26. The van der Waals surface area contributed by atoms with Crippen molar-refractivity contribution in [1.29, 1.82) is 0 Å². The summed E-state index contributed by atoms with van der Waals surface area (Å²) in [6.07, 6.45) is 0.199. The molecular weight excluding hydrogens is 359 g/mol. The molecule has 0 fully saturated rings. The molecule has 4 nitrogen and oxygen atoms in total. The van der Waals surface area contributed by atoms with Crippen LogP contribution >= 0.6 is 23.2 Å². The second-order valence-corrected chi connectivity index (χ2v) is 6.49. The van der Waals surface area contributed by atoms with Gasteiger partial charge in [0.2, 0.25) is 11.8 Å². The molecule has 132 valence electrons. The van der Waals surface area contributed by atoms with Crippen molar-refractivity contribution in [2.24, 2.45) is 0 Å². The number of rotatable bonds is 6. The summed E-state index contributed by atoms with van der Waals surface area (Å²) in [5, 5.41) is 3.51. The lowest BCUT2D eigenvalue weighted by atomic mass is 10.1. The highest BCUT2D eigenvalue weighted by atomic mass is 35.5. The normalized spacial score (nSPS) is 11.7. The Kier molecular flexibility index (Phi) is 6.85. The van der Waals surface area contributed by atoms with Crippen LogP contribution in [0, 0.1) is 0 Å². The zero-order valence-electron chi connectivity index (χ0n) is 14.1. The van der Waals surface area contributed by atoms with E-state index in [1.54, 1.807) is 32.2 Å². The largest absolute Gasteiger partial charge is 0.357 e. The van der Waals surface area contributed by atoms with Gasteiger partial charge in [0, 0.05) is 29.2 Å². The minimum absolute atomic E-state index is 0.165. The molecule has 0 unspecified atom stereocenters. The van der Waals surface area contributed by atoms with Crippen molar-refractivity contribution in [2.75, 3.05) is 7.05 Å². The fraction of sp³-hybridized carbons (Fsp3) is 0.263. The first-order chi connectivity index (χ1) is 11.9. The summed E-state index contributed by atoms with van der Waals surface area (Å²) in [4.78, 5) is 26.5. The van der Waals surface area contributed by atoms with E-state index in [0.29, 0.717) is 15.6 Å². The lowest BCUT2D eigenvalue weighted by Gasteiger charge is -2.29. The van der Waals surface area contributed by atoms with Gasteiger partial charge >= 0.3 is 0 Å². The lowest BCUT2D eigenvalue weighted by molar-refractivity contribution is -0.139. The molecule has 0 bridgehead atoms. The third-order valence-electron chi connectivity index (χ3n) is 4.00. The maximum atomic E-state index is 12.9. The van der Waals surface area contributed by atoms with Gasteiger partial charge in [0.15, 0.2) is 0 Å². The molecule has 0 aliphatic carbocycles. The van der Waals surface area contributed by atoms with Crippen molar-refractivity contribution in [2.45, 2.75) is 25.9 Å². The molecule has 2 aromatic carbocycles. The summed E-state index contributed by atoms with van der Waals surface area (Å²) < 4.78 is 0. The number of likely N-dealkylation sites (N-methyl/N-ethyl adjacent to an activating group) is 1. The molecule has 1 N–H and O–H groups in total. The smallest absolute Gasteiger partial charge is 0.242 e. The third kappa shape index (κ3) is 4.97. The summed E-state index contributed by atoms with van der Waals surface area (Å²) in [5.74, 6) is -0.414.